The van der Waals surface area contributed by atoms with Crippen LogP contribution >= 0.6 is 0 Å². The van der Waals surface area contributed by atoms with E-state index in [9.17, 15) is 4.79 Å². The van der Waals surface area contributed by atoms with Crippen molar-refractivity contribution in [1.82, 2.24) is 15.1 Å². The maximum Gasteiger partial charge on any atom is 0.228 e. The Bertz CT molecular complexity index is 306. The van der Waals surface area contributed by atoms with E-state index in [0.29, 0.717) is 11.3 Å². The molecule has 3 rings (SSSR count). The second-order valence-corrected chi connectivity index (χ2v) is 6.17. The molecule has 3 fully saturated rings. The molecule has 1 amide bonds. The van der Waals surface area contributed by atoms with Crippen LogP contribution in [0.2, 0.25) is 0 Å². The molecule has 0 saturated carbocycles. The number of piperidine rings is 1. The van der Waals surface area contributed by atoms with Crippen LogP contribution in [0.1, 0.15) is 19.3 Å². The van der Waals surface area contributed by atoms with Gasteiger partial charge in [0, 0.05) is 26.2 Å². The molecule has 0 aliphatic carbocycles. The Kier molecular flexibility index (Phi) is 2.87. The van der Waals surface area contributed by atoms with E-state index in [4.69, 9.17) is 0 Å². The molecule has 17 heavy (non-hydrogen) atoms. The molecule has 3 saturated heterocycles. The first-order valence-corrected chi connectivity index (χ1v) is 6.87. The predicted octanol–water partition coefficient (Wildman–Crippen LogP) is 0.150. The third-order valence-corrected chi connectivity index (χ3v) is 4.93. The highest BCUT2D eigenvalue weighted by Gasteiger charge is 2.43. The fraction of sp³-hybridized carbons (Fsp3) is 0.923. The lowest BCUT2D eigenvalue weighted by Crippen LogP contribution is -2.52. The highest BCUT2D eigenvalue weighted by molar-refractivity contribution is 5.80. The number of hydrogen-bond acceptors (Lipinski definition) is 3. The fourth-order valence-electron chi connectivity index (χ4n) is 3.35. The predicted molar refractivity (Wildman–Crippen MR) is 66.7 cm³/mol. The van der Waals surface area contributed by atoms with E-state index >= 15 is 0 Å². The summed E-state index contributed by atoms with van der Waals surface area (Å²) in [6, 6.07) is 0. The standard InChI is InChI=1S/C13H23N3O/c1-15-5-2-13(3-6-15)4-7-16(10-13)12(17)11-8-14-9-11/h11,14H,2-10H2,1H3. The average molecular weight is 237 g/mol. The highest BCUT2D eigenvalue weighted by atomic mass is 16.2. The van der Waals surface area contributed by atoms with Gasteiger partial charge in [-0.2, -0.15) is 0 Å². The van der Waals surface area contributed by atoms with Crippen molar-refractivity contribution < 1.29 is 4.79 Å². The van der Waals surface area contributed by atoms with Crippen molar-refractivity contribution in [3.63, 3.8) is 0 Å². The summed E-state index contributed by atoms with van der Waals surface area (Å²) in [7, 11) is 2.20. The zero-order valence-electron chi connectivity index (χ0n) is 10.7. The summed E-state index contributed by atoms with van der Waals surface area (Å²) in [4.78, 5) is 16.7. The number of hydrogen-bond donors (Lipinski definition) is 1. The molecular weight excluding hydrogens is 214 g/mol. The molecule has 0 atom stereocenters. The molecule has 0 unspecified atom stereocenters. The summed E-state index contributed by atoms with van der Waals surface area (Å²) in [6.07, 6.45) is 3.78. The van der Waals surface area contributed by atoms with E-state index in [0.717, 1.165) is 26.2 Å². The molecule has 1 spiro atoms. The molecule has 4 heteroatoms. The van der Waals surface area contributed by atoms with Gasteiger partial charge in [-0.1, -0.05) is 0 Å². The Morgan fingerprint density at radius 3 is 2.41 bits per heavy atom. The minimum absolute atomic E-state index is 0.274. The summed E-state index contributed by atoms with van der Waals surface area (Å²) in [5.74, 6) is 0.677. The Labute approximate surface area is 103 Å². The van der Waals surface area contributed by atoms with Gasteiger partial charge in [0.2, 0.25) is 5.91 Å². The van der Waals surface area contributed by atoms with Crippen LogP contribution < -0.4 is 5.32 Å². The molecular formula is C13H23N3O. The summed E-state index contributed by atoms with van der Waals surface area (Å²) in [5.41, 5.74) is 0.458. The van der Waals surface area contributed by atoms with Crippen LogP contribution in [0.4, 0.5) is 0 Å². The number of rotatable bonds is 1. The summed E-state index contributed by atoms with van der Waals surface area (Å²) in [5, 5.41) is 3.19. The van der Waals surface area contributed by atoms with Gasteiger partial charge in [0.15, 0.2) is 0 Å². The smallest absolute Gasteiger partial charge is 0.228 e. The number of likely N-dealkylation sites (tertiary alicyclic amines) is 2. The zero-order valence-corrected chi connectivity index (χ0v) is 10.7. The molecule has 3 heterocycles. The van der Waals surface area contributed by atoms with Gasteiger partial charge in [-0.25, -0.2) is 0 Å². The van der Waals surface area contributed by atoms with E-state index in [1.165, 1.54) is 32.4 Å². The van der Waals surface area contributed by atoms with E-state index in [1.54, 1.807) is 0 Å². The van der Waals surface area contributed by atoms with Crippen molar-refractivity contribution in [3.05, 3.63) is 0 Å². The molecule has 0 aromatic heterocycles. The quantitative estimate of drug-likeness (QED) is 0.705. The first-order valence-electron chi connectivity index (χ1n) is 6.87. The van der Waals surface area contributed by atoms with E-state index in [1.807, 2.05) is 0 Å². The van der Waals surface area contributed by atoms with Gasteiger partial charge in [0.05, 0.1) is 5.92 Å². The van der Waals surface area contributed by atoms with E-state index in [2.05, 4.69) is 22.2 Å². The van der Waals surface area contributed by atoms with Crippen LogP contribution in [0, 0.1) is 11.3 Å². The lowest BCUT2D eigenvalue weighted by atomic mass is 9.78. The average Bonchev–Trinajstić information content (AvgIpc) is 2.65. The van der Waals surface area contributed by atoms with Crippen molar-refractivity contribution in [2.45, 2.75) is 19.3 Å². The highest BCUT2D eigenvalue weighted by Crippen LogP contribution is 2.40. The van der Waals surface area contributed by atoms with Crippen LogP contribution in [-0.2, 0) is 4.79 Å². The van der Waals surface area contributed by atoms with Gasteiger partial charge >= 0.3 is 0 Å². The largest absolute Gasteiger partial charge is 0.342 e. The van der Waals surface area contributed by atoms with Crippen LogP contribution in [0.3, 0.4) is 0 Å². The molecule has 96 valence electrons. The lowest BCUT2D eigenvalue weighted by Gasteiger charge is -2.38. The van der Waals surface area contributed by atoms with Gasteiger partial charge in [-0.15, -0.1) is 0 Å². The molecule has 0 radical (unpaired) electrons. The first kappa shape index (κ1) is 11.5. The van der Waals surface area contributed by atoms with Crippen LogP contribution in [0.5, 0.6) is 0 Å². The Morgan fingerprint density at radius 1 is 1.18 bits per heavy atom. The molecule has 3 aliphatic rings. The number of carbonyl (C=O) groups excluding carboxylic acids is 1. The van der Waals surface area contributed by atoms with Crippen LogP contribution in [0.15, 0.2) is 0 Å². The van der Waals surface area contributed by atoms with Gasteiger partial charge in [0.25, 0.3) is 0 Å². The SMILES string of the molecule is CN1CCC2(CC1)CCN(C(=O)C1CNC1)C2. The van der Waals surface area contributed by atoms with Crippen LogP contribution in [0.25, 0.3) is 0 Å². The second kappa shape index (κ2) is 4.25. The summed E-state index contributed by atoms with van der Waals surface area (Å²) < 4.78 is 0. The summed E-state index contributed by atoms with van der Waals surface area (Å²) in [6.45, 7) is 6.21. The van der Waals surface area contributed by atoms with Crippen molar-refractivity contribution in [2.75, 3.05) is 46.3 Å². The number of nitrogens with zero attached hydrogens (tertiary/aromatic N) is 2. The molecule has 0 aromatic rings. The summed E-state index contributed by atoms with van der Waals surface area (Å²) >= 11 is 0. The van der Waals surface area contributed by atoms with Gasteiger partial charge in [-0.3, -0.25) is 4.79 Å². The van der Waals surface area contributed by atoms with Crippen molar-refractivity contribution >= 4 is 5.91 Å². The number of nitrogens with one attached hydrogen (secondary N) is 1. The Hall–Kier alpha value is -0.610. The van der Waals surface area contributed by atoms with Crippen molar-refractivity contribution in [3.8, 4) is 0 Å². The second-order valence-electron chi connectivity index (χ2n) is 6.17. The molecule has 0 bridgehead atoms. The van der Waals surface area contributed by atoms with Crippen molar-refractivity contribution in [2.24, 2.45) is 11.3 Å². The van der Waals surface area contributed by atoms with Gasteiger partial charge in [-0.05, 0) is 44.8 Å². The number of carbonyl (C=O) groups is 1. The lowest BCUT2D eigenvalue weighted by molar-refractivity contribution is -0.136. The normalized spacial score (nSPS) is 29.6. The monoisotopic (exact) mass is 237 g/mol. The Morgan fingerprint density at radius 2 is 1.82 bits per heavy atom. The van der Waals surface area contributed by atoms with Gasteiger partial charge < -0.3 is 15.1 Å². The van der Waals surface area contributed by atoms with Crippen molar-refractivity contribution in [1.29, 1.82) is 0 Å². The minimum atomic E-state index is 0.274. The minimum Gasteiger partial charge on any atom is -0.342 e. The topological polar surface area (TPSA) is 35.6 Å². The van der Waals surface area contributed by atoms with Crippen LogP contribution in [-0.4, -0.2) is 62.0 Å². The maximum atomic E-state index is 12.2. The van der Waals surface area contributed by atoms with Gasteiger partial charge in [0.1, 0.15) is 0 Å². The molecule has 1 N–H and O–H groups in total. The zero-order chi connectivity index (χ0) is 11.9. The number of amides is 1. The molecule has 4 nitrogen and oxygen atoms in total. The fourth-order valence-corrected chi connectivity index (χ4v) is 3.35. The van der Waals surface area contributed by atoms with E-state index < -0.39 is 0 Å². The first-order chi connectivity index (χ1) is 8.19. The molecule has 0 aromatic carbocycles. The maximum absolute atomic E-state index is 12.2. The third kappa shape index (κ3) is 2.08. The molecule has 3 aliphatic heterocycles. The Balaban J connectivity index is 1.59. The third-order valence-electron chi connectivity index (χ3n) is 4.93. The van der Waals surface area contributed by atoms with E-state index in [-0.39, 0.29) is 5.92 Å².